The number of carbonyl (C=O) groups is 4. The summed E-state index contributed by atoms with van der Waals surface area (Å²) in [6.07, 6.45) is -0.428. The quantitative estimate of drug-likeness (QED) is 0.334. The number of aliphatic carboxylic acids is 1. The SMILES string of the molecule is C[C@@H](O)[C@H]1C(=O)N2C(C(=O)O)=C(S[C@H]3C[C@@H](C(=O)Nc4cccc(C(=O)O)c4)N(Cc4cccs4)C3)[C@H](C)[C@H]12. The van der Waals surface area contributed by atoms with Gasteiger partial charge >= 0.3 is 11.9 Å². The van der Waals surface area contributed by atoms with Gasteiger partial charge in [0.1, 0.15) is 5.70 Å². The third kappa shape index (κ3) is 5.09. The summed E-state index contributed by atoms with van der Waals surface area (Å²) in [6, 6.07) is 9.10. The van der Waals surface area contributed by atoms with Crippen LogP contribution in [0.4, 0.5) is 5.69 Å². The Morgan fingerprint density at radius 3 is 2.59 bits per heavy atom. The lowest BCUT2D eigenvalue weighted by molar-refractivity contribution is -0.163. The predicted molar refractivity (Wildman–Crippen MR) is 146 cm³/mol. The average molecular weight is 572 g/mol. The van der Waals surface area contributed by atoms with Gasteiger partial charge in [-0.25, -0.2) is 9.59 Å². The molecule has 1 aromatic heterocycles. The van der Waals surface area contributed by atoms with Crippen molar-refractivity contribution in [3.05, 3.63) is 62.8 Å². The lowest BCUT2D eigenvalue weighted by atomic mass is 9.79. The van der Waals surface area contributed by atoms with E-state index < -0.39 is 36.0 Å². The Bertz CT molecular complexity index is 1340. The highest BCUT2D eigenvalue weighted by Crippen LogP contribution is 2.52. The minimum Gasteiger partial charge on any atom is -0.478 e. The molecule has 12 heteroatoms. The molecule has 0 bridgehead atoms. The second-order valence-corrected chi connectivity index (χ2v) is 12.5. The van der Waals surface area contributed by atoms with Gasteiger partial charge in [-0.2, -0.15) is 0 Å². The highest BCUT2D eigenvalue weighted by atomic mass is 32.2. The highest BCUT2D eigenvalue weighted by molar-refractivity contribution is 8.03. The number of β-lactam (4-membered cyclic amide) rings is 1. The van der Waals surface area contributed by atoms with Gasteiger partial charge in [-0.3, -0.25) is 14.5 Å². The standard InChI is InChI=1S/C27H29N3O7S2/c1-13-21-20(14(2)31)25(33)30(21)22(27(36)37)23(13)39-18-10-19(29(12-18)11-17-7-4-8-38-17)24(32)28-16-6-3-5-15(9-16)26(34)35/h3-9,13-14,18-21,31H,10-12H2,1-2H3,(H,28,32)(H,34,35)(H,36,37)/t13-,14-,18+,19+,20-,21-/m1/s1. The number of thiophene rings is 1. The normalized spacial score (nSPS) is 27.3. The fourth-order valence-corrected chi connectivity index (χ4v) is 8.10. The average Bonchev–Trinajstić information content (AvgIpc) is 3.58. The summed E-state index contributed by atoms with van der Waals surface area (Å²) < 4.78 is 0. The number of carboxylic acids is 2. The number of hydrogen-bond donors (Lipinski definition) is 4. The molecule has 2 fully saturated rings. The van der Waals surface area contributed by atoms with Gasteiger partial charge in [0.05, 0.1) is 29.7 Å². The molecule has 0 unspecified atom stereocenters. The van der Waals surface area contributed by atoms with Crippen molar-refractivity contribution in [1.29, 1.82) is 0 Å². The second-order valence-electron chi connectivity index (χ2n) is 10.1. The number of aliphatic hydroxyl groups is 1. The van der Waals surface area contributed by atoms with Gasteiger partial charge in [-0.1, -0.05) is 19.1 Å². The first-order chi connectivity index (χ1) is 18.6. The molecule has 10 nitrogen and oxygen atoms in total. The molecule has 6 atom stereocenters. The van der Waals surface area contributed by atoms with Crippen LogP contribution in [0.15, 0.2) is 52.4 Å². The molecule has 4 N–H and O–H groups in total. The summed E-state index contributed by atoms with van der Waals surface area (Å²) in [6.45, 7) is 4.50. The van der Waals surface area contributed by atoms with Crippen LogP contribution in [0, 0.1) is 11.8 Å². The number of nitrogens with one attached hydrogen (secondary N) is 1. The minimum absolute atomic E-state index is 0.0254. The fourth-order valence-electron chi connectivity index (χ4n) is 5.81. The second kappa shape index (κ2) is 10.8. The van der Waals surface area contributed by atoms with Crippen LogP contribution in [0.1, 0.15) is 35.5 Å². The van der Waals surface area contributed by atoms with Crippen LogP contribution in [0.2, 0.25) is 0 Å². The maximum absolute atomic E-state index is 13.4. The number of carboxylic acid groups (broad SMARTS) is 2. The van der Waals surface area contributed by atoms with E-state index in [9.17, 15) is 34.5 Å². The number of likely N-dealkylation sites (tertiary alicyclic amines) is 1. The van der Waals surface area contributed by atoms with E-state index >= 15 is 0 Å². The summed E-state index contributed by atoms with van der Waals surface area (Å²) in [4.78, 5) is 54.8. The molecule has 3 aliphatic rings. The Hall–Kier alpha value is -3.19. The third-order valence-corrected chi connectivity index (χ3v) is 9.94. The summed E-state index contributed by atoms with van der Waals surface area (Å²) in [5.41, 5.74) is 0.433. The highest BCUT2D eigenvalue weighted by Gasteiger charge is 2.60. The third-order valence-electron chi connectivity index (χ3n) is 7.59. The van der Waals surface area contributed by atoms with Crippen LogP contribution in [0.5, 0.6) is 0 Å². The molecule has 5 rings (SSSR count). The van der Waals surface area contributed by atoms with Crippen molar-refractivity contribution in [2.75, 3.05) is 11.9 Å². The molecular weight excluding hydrogens is 542 g/mol. The van der Waals surface area contributed by atoms with E-state index in [4.69, 9.17) is 0 Å². The fraction of sp³-hybridized carbons (Fsp3) is 0.407. The number of thioether (sulfide) groups is 1. The smallest absolute Gasteiger partial charge is 0.353 e. The predicted octanol–water partition coefficient (Wildman–Crippen LogP) is 2.91. The Balaban J connectivity index is 1.37. The van der Waals surface area contributed by atoms with E-state index in [2.05, 4.69) is 10.2 Å². The number of fused-ring (bicyclic) bond motifs is 1. The molecule has 0 saturated carbocycles. The maximum atomic E-state index is 13.4. The molecule has 39 heavy (non-hydrogen) atoms. The van der Waals surface area contributed by atoms with Gasteiger partial charge in [0.25, 0.3) is 0 Å². The molecule has 2 amide bonds. The van der Waals surface area contributed by atoms with Crippen LogP contribution >= 0.6 is 23.1 Å². The Morgan fingerprint density at radius 1 is 1.18 bits per heavy atom. The zero-order valence-corrected chi connectivity index (χ0v) is 22.9. The topological polar surface area (TPSA) is 147 Å². The van der Waals surface area contributed by atoms with Crippen molar-refractivity contribution in [1.82, 2.24) is 9.80 Å². The van der Waals surface area contributed by atoms with E-state index in [-0.39, 0.29) is 34.2 Å². The van der Waals surface area contributed by atoms with Crippen molar-refractivity contribution in [2.45, 2.75) is 50.3 Å². The molecule has 2 aromatic rings. The number of aromatic carboxylic acids is 1. The number of nitrogens with zero attached hydrogens (tertiary/aromatic N) is 2. The molecule has 2 saturated heterocycles. The number of hydrogen-bond acceptors (Lipinski definition) is 8. The van der Waals surface area contributed by atoms with Gasteiger partial charge < -0.3 is 25.5 Å². The van der Waals surface area contributed by atoms with Gasteiger partial charge in [0.2, 0.25) is 11.8 Å². The van der Waals surface area contributed by atoms with Crippen molar-refractivity contribution in [2.24, 2.45) is 11.8 Å². The number of aliphatic hydroxyl groups excluding tert-OH is 1. The van der Waals surface area contributed by atoms with E-state index in [1.165, 1.54) is 28.8 Å². The van der Waals surface area contributed by atoms with E-state index in [0.717, 1.165) is 4.88 Å². The Labute approximate surface area is 233 Å². The Kier molecular flexibility index (Phi) is 7.55. The lowest BCUT2D eigenvalue weighted by Crippen LogP contribution is -2.63. The summed E-state index contributed by atoms with van der Waals surface area (Å²) >= 11 is 2.98. The monoisotopic (exact) mass is 571 g/mol. The Morgan fingerprint density at radius 2 is 1.95 bits per heavy atom. The van der Waals surface area contributed by atoms with Crippen LogP contribution in [0.3, 0.4) is 0 Å². The van der Waals surface area contributed by atoms with E-state index in [1.807, 2.05) is 24.4 Å². The molecule has 0 radical (unpaired) electrons. The number of carbonyl (C=O) groups excluding carboxylic acids is 2. The molecule has 3 aliphatic heterocycles. The summed E-state index contributed by atoms with van der Waals surface area (Å²) in [5.74, 6) is -3.79. The molecule has 4 heterocycles. The van der Waals surface area contributed by atoms with Crippen LogP contribution in [0.25, 0.3) is 0 Å². The van der Waals surface area contributed by atoms with Crippen LogP contribution < -0.4 is 5.32 Å². The van der Waals surface area contributed by atoms with Crippen molar-refractivity contribution >= 4 is 52.5 Å². The van der Waals surface area contributed by atoms with Crippen LogP contribution in [-0.2, 0) is 20.9 Å². The summed E-state index contributed by atoms with van der Waals surface area (Å²) in [7, 11) is 0. The van der Waals surface area contributed by atoms with Crippen molar-refractivity contribution < 1.29 is 34.5 Å². The zero-order chi connectivity index (χ0) is 28.0. The zero-order valence-electron chi connectivity index (χ0n) is 21.3. The summed E-state index contributed by atoms with van der Waals surface area (Å²) in [5, 5.41) is 34.1. The molecule has 0 spiro atoms. The van der Waals surface area contributed by atoms with E-state index in [0.29, 0.717) is 30.1 Å². The first kappa shape index (κ1) is 27.4. The first-order valence-corrected chi connectivity index (χ1v) is 14.4. The van der Waals surface area contributed by atoms with Crippen molar-refractivity contribution in [3.63, 3.8) is 0 Å². The van der Waals surface area contributed by atoms with Crippen LogP contribution in [-0.4, -0.2) is 78.9 Å². The van der Waals surface area contributed by atoms with Crippen molar-refractivity contribution in [3.8, 4) is 0 Å². The lowest BCUT2D eigenvalue weighted by Gasteiger charge is -2.46. The molecule has 206 valence electrons. The van der Waals surface area contributed by atoms with Gasteiger partial charge in [-0.05, 0) is 43.0 Å². The minimum atomic E-state index is -1.18. The number of benzene rings is 1. The molecule has 1 aromatic carbocycles. The number of amides is 2. The van der Waals surface area contributed by atoms with Gasteiger partial charge in [-0.15, -0.1) is 23.1 Å². The number of rotatable bonds is 9. The molecular formula is C27H29N3O7S2. The molecule has 0 aliphatic carbocycles. The maximum Gasteiger partial charge on any atom is 0.353 e. The van der Waals surface area contributed by atoms with Gasteiger partial charge in [0, 0.05) is 39.7 Å². The first-order valence-electron chi connectivity index (χ1n) is 12.6. The van der Waals surface area contributed by atoms with E-state index in [1.54, 1.807) is 30.4 Å². The largest absolute Gasteiger partial charge is 0.478 e. The van der Waals surface area contributed by atoms with Gasteiger partial charge in [0.15, 0.2) is 0 Å². The number of anilines is 1.